The van der Waals surface area contributed by atoms with Gasteiger partial charge in [0.1, 0.15) is 5.75 Å². The molecule has 0 heterocycles. The van der Waals surface area contributed by atoms with Crippen molar-refractivity contribution in [1.82, 2.24) is 5.32 Å². The van der Waals surface area contributed by atoms with E-state index in [1.54, 1.807) is 19.1 Å². The average molecular weight is 283 g/mol. The highest BCUT2D eigenvalue weighted by Gasteiger charge is 2.17. The van der Waals surface area contributed by atoms with Crippen LogP contribution in [-0.2, 0) is 11.2 Å². The van der Waals surface area contributed by atoms with Gasteiger partial charge in [-0.15, -0.1) is 6.58 Å². The van der Waals surface area contributed by atoms with Gasteiger partial charge in [0.15, 0.2) is 6.10 Å². The van der Waals surface area contributed by atoms with Gasteiger partial charge in [0.2, 0.25) is 0 Å². The van der Waals surface area contributed by atoms with Crippen molar-refractivity contribution >= 4 is 17.5 Å². The van der Waals surface area contributed by atoms with Crippen LogP contribution in [0.4, 0.5) is 0 Å². The van der Waals surface area contributed by atoms with Crippen LogP contribution < -0.4 is 15.8 Å². The minimum absolute atomic E-state index is 0.210. The summed E-state index contributed by atoms with van der Waals surface area (Å²) < 4.78 is 5.65. The van der Waals surface area contributed by atoms with E-state index in [0.29, 0.717) is 30.3 Å². The van der Waals surface area contributed by atoms with Crippen molar-refractivity contribution in [2.45, 2.75) is 19.4 Å². The van der Waals surface area contributed by atoms with Gasteiger partial charge in [0.05, 0.1) is 5.02 Å². The number of rotatable bonds is 7. The Morgan fingerprint density at radius 1 is 1.63 bits per heavy atom. The molecule has 0 aliphatic heterocycles. The van der Waals surface area contributed by atoms with Gasteiger partial charge in [0.25, 0.3) is 5.91 Å². The summed E-state index contributed by atoms with van der Waals surface area (Å²) in [6, 6.07) is 5.45. The zero-order valence-corrected chi connectivity index (χ0v) is 11.7. The summed E-state index contributed by atoms with van der Waals surface area (Å²) in [4.78, 5) is 11.7. The van der Waals surface area contributed by atoms with Gasteiger partial charge in [-0.2, -0.15) is 0 Å². The van der Waals surface area contributed by atoms with E-state index in [9.17, 15) is 4.79 Å². The van der Waals surface area contributed by atoms with Gasteiger partial charge in [-0.1, -0.05) is 29.8 Å². The standard InChI is InChI=1S/C14H19ClN2O2/c1-3-9-17-14(18)10(2)19-13-11(7-8-16)5-4-6-12(13)15/h3-6,10H,1,7-9,16H2,2H3,(H,17,18). The van der Waals surface area contributed by atoms with Crippen molar-refractivity contribution in [2.75, 3.05) is 13.1 Å². The molecule has 1 amide bonds. The highest BCUT2D eigenvalue weighted by Crippen LogP contribution is 2.29. The lowest BCUT2D eigenvalue weighted by Gasteiger charge is -2.18. The summed E-state index contributed by atoms with van der Waals surface area (Å²) in [5.74, 6) is 0.314. The molecule has 4 nitrogen and oxygen atoms in total. The van der Waals surface area contributed by atoms with Crippen LogP contribution in [0.25, 0.3) is 0 Å². The molecule has 1 unspecified atom stereocenters. The van der Waals surface area contributed by atoms with Crippen LogP contribution in [0.1, 0.15) is 12.5 Å². The van der Waals surface area contributed by atoms with Gasteiger partial charge < -0.3 is 15.8 Å². The fraction of sp³-hybridized carbons (Fsp3) is 0.357. The first-order valence-corrected chi connectivity index (χ1v) is 6.50. The largest absolute Gasteiger partial charge is 0.479 e. The quantitative estimate of drug-likeness (QED) is 0.751. The number of hydrogen-bond acceptors (Lipinski definition) is 3. The second-order valence-electron chi connectivity index (χ2n) is 4.06. The number of nitrogens with two attached hydrogens (primary N) is 1. The van der Waals surface area contributed by atoms with E-state index < -0.39 is 6.10 Å². The van der Waals surface area contributed by atoms with Crippen LogP contribution >= 0.6 is 11.6 Å². The Hall–Kier alpha value is -1.52. The number of amides is 1. The van der Waals surface area contributed by atoms with Crippen molar-refractivity contribution in [2.24, 2.45) is 5.73 Å². The molecule has 0 bridgehead atoms. The Kier molecular flexibility index (Phi) is 6.39. The number of hydrogen-bond donors (Lipinski definition) is 2. The number of ether oxygens (including phenoxy) is 1. The Morgan fingerprint density at radius 3 is 3.00 bits per heavy atom. The van der Waals surface area contributed by atoms with E-state index >= 15 is 0 Å². The second-order valence-corrected chi connectivity index (χ2v) is 4.47. The molecule has 1 rings (SSSR count). The molecular weight excluding hydrogens is 264 g/mol. The third-order valence-electron chi connectivity index (χ3n) is 2.55. The van der Waals surface area contributed by atoms with Crippen LogP contribution in [0.3, 0.4) is 0 Å². The van der Waals surface area contributed by atoms with Gasteiger partial charge in [-0.05, 0) is 31.5 Å². The normalized spacial score (nSPS) is 11.7. The highest BCUT2D eigenvalue weighted by atomic mass is 35.5. The summed E-state index contributed by atoms with van der Waals surface area (Å²) in [7, 11) is 0. The molecule has 1 aromatic rings. The molecular formula is C14H19ClN2O2. The minimum atomic E-state index is -0.628. The van der Waals surface area contributed by atoms with Crippen LogP contribution in [-0.4, -0.2) is 25.1 Å². The maximum Gasteiger partial charge on any atom is 0.261 e. The first-order valence-electron chi connectivity index (χ1n) is 6.12. The average Bonchev–Trinajstić information content (AvgIpc) is 2.40. The van der Waals surface area contributed by atoms with Crippen LogP contribution in [0.15, 0.2) is 30.9 Å². The molecule has 0 radical (unpaired) electrons. The molecule has 0 fully saturated rings. The molecule has 3 N–H and O–H groups in total. The van der Waals surface area contributed by atoms with E-state index in [1.807, 2.05) is 12.1 Å². The van der Waals surface area contributed by atoms with Gasteiger partial charge in [0, 0.05) is 6.54 Å². The summed E-state index contributed by atoms with van der Waals surface area (Å²) in [6.07, 6.45) is 1.63. The predicted molar refractivity (Wildman–Crippen MR) is 77.5 cm³/mol. The van der Waals surface area contributed by atoms with E-state index in [2.05, 4.69) is 11.9 Å². The fourth-order valence-electron chi connectivity index (χ4n) is 1.58. The first-order chi connectivity index (χ1) is 9.10. The van der Waals surface area contributed by atoms with E-state index in [1.165, 1.54) is 0 Å². The zero-order chi connectivity index (χ0) is 14.3. The maximum atomic E-state index is 11.7. The van der Waals surface area contributed by atoms with Crippen molar-refractivity contribution in [3.05, 3.63) is 41.4 Å². The topological polar surface area (TPSA) is 64.3 Å². The zero-order valence-electron chi connectivity index (χ0n) is 11.0. The lowest BCUT2D eigenvalue weighted by atomic mass is 10.1. The lowest BCUT2D eigenvalue weighted by Crippen LogP contribution is -2.36. The van der Waals surface area contributed by atoms with Crippen molar-refractivity contribution in [3.63, 3.8) is 0 Å². The van der Waals surface area contributed by atoms with Gasteiger partial charge >= 0.3 is 0 Å². The molecule has 5 heteroatoms. The SMILES string of the molecule is C=CCNC(=O)C(C)Oc1c(Cl)cccc1CCN. The number of para-hydroxylation sites is 1. The van der Waals surface area contributed by atoms with Crippen LogP contribution in [0, 0.1) is 0 Å². The molecule has 0 saturated carbocycles. The lowest BCUT2D eigenvalue weighted by molar-refractivity contribution is -0.127. The number of halogens is 1. The summed E-state index contributed by atoms with van der Waals surface area (Å²) in [5.41, 5.74) is 6.45. The van der Waals surface area contributed by atoms with Crippen LogP contribution in [0.5, 0.6) is 5.75 Å². The molecule has 0 saturated heterocycles. The van der Waals surface area contributed by atoms with E-state index in [4.69, 9.17) is 22.1 Å². The van der Waals surface area contributed by atoms with Crippen molar-refractivity contribution in [3.8, 4) is 5.75 Å². The third kappa shape index (κ3) is 4.58. The number of benzene rings is 1. The summed E-state index contributed by atoms with van der Waals surface area (Å²) >= 11 is 6.10. The molecule has 1 atom stereocenters. The Morgan fingerprint density at radius 2 is 2.37 bits per heavy atom. The highest BCUT2D eigenvalue weighted by molar-refractivity contribution is 6.32. The Bertz CT molecular complexity index is 449. The molecule has 0 aliphatic rings. The monoisotopic (exact) mass is 282 g/mol. The van der Waals surface area contributed by atoms with E-state index in [-0.39, 0.29) is 5.91 Å². The number of carbonyl (C=O) groups is 1. The molecule has 0 aliphatic carbocycles. The molecule has 0 spiro atoms. The minimum Gasteiger partial charge on any atom is -0.479 e. The Labute approximate surface area is 118 Å². The fourth-order valence-corrected chi connectivity index (χ4v) is 1.82. The number of nitrogens with one attached hydrogen (secondary N) is 1. The predicted octanol–water partition coefficient (Wildman–Crippen LogP) is 1.91. The van der Waals surface area contributed by atoms with Gasteiger partial charge in [-0.3, -0.25) is 4.79 Å². The first kappa shape index (κ1) is 15.5. The molecule has 19 heavy (non-hydrogen) atoms. The molecule has 0 aromatic heterocycles. The Balaban J connectivity index is 2.80. The van der Waals surface area contributed by atoms with Gasteiger partial charge in [-0.25, -0.2) is 0 Å². The maximum absolute atomic E-state index is 11.7. The second kappa shape index (κ2) is 7.81. The van der Waals surface area contributed by atoms with E-state index in [0.717, 1.165) is 5.56 Å². The smallest absolute Gasteiger partial charge is 0.261 e. The van der Waals surface area contributed by atoms with Crippen LogP contribution in [0.2, 0.25) is 5.02 Å². The van der Waals surface area contributed by atoms with Crippen molar-refractivity contribution < 1.29 is 9.53 Å². The molecule has 1 aromatic carbocycles. The molecule has 104 valence electrons. The third-order valence-corrected chi connectivity index (χ3v) is 2.84. The summed E-state index contributed by atoms with van der Waals surface area (Å²) in [5, 5.41) is 3.15. The number of carbonyl (C=O) groups excluding carboxylic acids is 1. The van der Waals surface area contributed by atoms with Crippen molar-refractivity contribution in [1.29, 1.82) is 0 Å². The summed E-state index contributed by atoms with van der Waals surface area (Å²) in [6.45, 7) is 6.11.